The highest BCUT2D eigenvalue weighted by atomic mass is 32.2. The Hall–Kier alpha value is -2.55. The summed E-state index contributed by atoms with van der Waals surface area (Å²) in [5.41, 5.74) is 0.660. The first kappa shape index (κ1) is 16.8. The number of hydrogen-bond donors (Lipinski definition) is 2. The monoisotopic (exact) mass is 337 g/mol. The summed E-state index contributed by atoms with van der Waals surface area (Å²) in [5.74, 6) is -0.180. The van der Waals surface area contributed by atoms with Crippen LogP contribution in [0.15, 0.2) is 28.4 Å². The topological polar surface area (TPSA) is 110 Å². The van der Waals surface area contributed by atoms with E-state index in [0.717, 1.165) is 11.8 Å². The number of nitrogens with one attached hydrogen (secondary N) is 1. The van der Waals surface area contributed by atoms with Gasteiger partial charge in [0.2, 0.25) is 5.91 Å². The predicted molar refractivity (Wildman–Crippen MR) is 86.3 cm³/mol. The van der Waals surface area contributed by atoms with Crippen LogP contribution in [0, 0.1) is 0 Å². The summed E-state index contributed by atoms with van der Waals surface area (Å²) in [6, 6.07) is 5.23. The minimum absolute atomic E-state index is 0.261. The van der Waals surface area contributed by atoms with Crippen LogP contribution in [-0.4, -0.2) is 47.8 Å². The maximum atomic E-state index is 11.6. The Morgan fingerprint density at radius 3 is 2.87 bits per heavy atom. The molecule has 122 valence electrons. The predicted octanol–water partition coefficient (Wildman–Crippen LogP) is 1.10. The molecule has 1 saturated heterocycles. The van der Waals surface area contributed by atoms with Crippen LogP contribution in [0.4, 0.5) is 0 Å². The summed E-state index contributed by atoms with van der Waals surface area (Å²) >= 11 is 1.04. The Balaban J connectivity index is 2.09. The minimum Gasteiger partial charge on any atom is -0.497 e. The average Bonchev–Trinajstić information content (AvgIpc) is 2.86. The van der Waals surface area contributed by atoms with Gasteiger partial charge in [-0.3, -0.25) is 9.59 Å². The van der Waals surface area contributed by atoms with Crippen molar-refractivity contribution in [2.75, 3.05) is 14.2 Å². The molecule has 0 aromatic heterocycles. The third-order valence-corrected chi connectivity index (χ3v) is 3.99. The molecule has 0 aliphatic carbocycles. The van der Waals surface area contributed by atoms with Crippen LogP contribution in [0.2, 0.25) is 0 Å². The molecule has 2 N–H and O–H groups in total. The van der Waals surface area contributed by atoms with Gasteiger partial charge < -0.3 is 19.9 Å². The van der Waals surface area contributed by atoms with Crippen molar-refractivity contribution in [2.45, 2.75) is 11.7 Å². The summed E-state index contributed by atoms with van der Waals surface area (Å²) in [7, 11) is 3.09. The third-order valence-electron chi connectivity index (χ3n) is 2.92. The Labute approximate surface area is 136 Å². The number of carbonyl (C=O) groups excluding carboxylic acids is 1. The molecule has 1 aromatic carbocycles. The molecule has 0 unspecified atom stereocenters. The second kappa shape index (κ2) is 7.63. The van der Waals surface area contributed by atoms with Crippen molar-refractivity contribution >= 4 is 35.0 Å². The van der Waals surface area contributed by atoms with E-state index in [-0.39, 0.29) is 17.5 Å². The number of thioether (sulfide) groups is 1. The van der Waals surface area contributed by atoms with E-state index >= 15 is 0 Å². The van der Waals surface area contributed by atoms with Gasteiger partial charge in [-0.25, -0.2) is 0 Å². The van der Waals surface area contributed by atoms with Crippen LogP contribution in [0.1, 0.15) is 12.0 Å². The van der Waals surface area contributed by atoms with Crippen molar-refractivity contribution in [1.82, 2.24) is 5.32 Å². The molecular formula is C14H15N3O5S. The van der Waals surface area contributed by atoms with Crippen LogP contribution in [-0.2, 0) is 9.59 Å². The van der Waals surface area contributed by atoms with Crippen molar-refractivity contribution < 1.29 is 24.2 Å². The fraction of sp³-hybridized carbons (Fsp3) is 0.286. The smallest absolute Gasteiger partial charge is 0.305 e. The van der Waals surface area contributed by atoms with Crippen molar-refractivity contribution in [3.63, 3.8) is 0 Å². The molecule has 2 rings (SSSR count). The molecule has 1 aromatic rings. The number of amides is 1. The standard InChI is InChI=1S/C14H15N3O5S/c1-21-9-3-4-10(22-2)8(5-9)7-15-17-14-16-13(20)11(23-14)6-12(18)19/h3-5,7,11H,6H2,1-2H3,(H,18,19)(H,16,17,20)/b15-7-/t11-/m1/s1. The van der Waals surface area contributed by atoms with E-state index in [9.17, 15) is 9.59 Å². The average molecular weight is 337 g/mol. The molecular weight excluding hydrogens is 322 g/mol. The number of amidine groups is 1. The second-order valence-corrected chi connectivity index (χ2v) is 5.64. The van der Waals surface area contributed by atoms with Crippen molar-refractivity contribution in [2.24, 2.45) is 10.2 Å². The molecule has 23 heavy (non-hydrogen) atoms. The molecule has 1 heterocycles. The van der Waals surface area contributed by atoms with Gasteiger partial charge in [0, 0.05) is 5.56 Å². The quantitative estimate of drug-likeness (QED) is 0.594. The zero-order valence-electron chi connectivity index (χ0n) is 12.5. The molecule has 1 aliphatic heterocycles. The Kier molecular flexibility index (Phi) is 5.58. The van der Waals surface area contributed by atoms with Gasteiger partial charge in [-0.05, 0) is 18.2 Å². The third kappa shape index (κ3) is 4.46. The lowest BCUT2D eigenvalue weighted by Crippen LogP contribution is -2.26. The highest BCUT2D eigenvalue weighted by Gasteiger charge is 2.32. The number of rotatable bonds is 6. The molecule has 8 nitrogen and oxygen atoms in total. The highest BCUT2D eigenvalue weighted by molar-refractivity contribution is 8.15. The highest BCUT2D eigenvalue weighted by Crippen LogP contribution is 2.24. The number of benzene rings is 1. The van der Waals surface area contributed by atoms with E-state index in [1.807, 2.05) is 0 Å². The van der Waals surface area contributed by atoms with Crippen LogP contribution in [0.5, 0.6) is 11.5 Å². The van der Waals surface area contributed by atoms with Crippen LogP contribution >= 0.6 is 11.8 Å². The van der Waals surface area contributed by atoms with Gasteiger partial charge in [-0.15, -0.1) is 5.10 Å². The van der Waals surface area contributed by atoms with Crippen LogP contribution < -0.4 is 14.8 Å². The lowest BCUT2D eigenvalue weighted by atomic mass is 10.2. The first-order chi connectivity index (χ1) is 11.0. The number of carbonyl (C=O) groups is 2. The zero-order chi connectivity index (χ0) is 16.8. The summed E-state index contributed by atoms with van der Waals surface area (Å²) in [6.07, 6.45) is 1.20. The van der Waals surface area contributed by atoms with E-state index < -0.39 is 11.2 Å². The first-order valence-electron chi connectivity index (χ1n) is 6.56. The number of nitrogens with zero attached hydrogens (tertiary/aromatic N) is 2. The molecule has 0 spiro atoms. The van der Waals surface area contributed by atoms with E-state index in [1.165, 1.54) is 13.3 Å². The van der Waals surface area contributed by atoms with Gasteiger partial charge in [0.05, 0.1) is 26.9 Å². The molecule has 1 aliphatic rings. The van der Waals surface area contributed by atoms with E-state index in [0.29, 0.717) is 17.1 Å². The number of ether oxygens (including phenoxy) is 2. The second-order valence-electron chi connectivity index (χ2n) is 4.45. The van der Waals surface area contributed by atoms with Crippen molar-refractivity contribution in [1.29, 1.82) is 0 Å². The molecule has 9 heteroatoms. The van der Waals surface area contributed by atoms with Gasteiger partial charge in [0.25, 0.3) is 0 Å². The van der Waals surface area contributed by atoms with Crippen LogP contribution in [0.25, 0.3) is 0 Å². The van der Waals surface area contributed by atoms with Gasteiger partial charge >= 0.3 is 5.97 Å². The Morgan fingerprint density at radius 1 is 1.43 bits per heavy atom. The molecule has 1 amide bonds. The van der Waals surface area contributed by atoms with Gasteiger partial charge in [0.15, 0.2) is 5.17 Å². The number of carboxylic acid groups (broad SMARTS) is 1. The lowest BCUT2D eigenvalue weighted by Gasteiger charge is -2.06. The molecule has 1 fully saturated rings. The Bertz CT molecular complexity index is 674. The molecule has 0 saturated carbocycles. The van der Waals surface area contributed by atoms with Crippen molar-refractivity contribution in [3.05, 3.63) is 23.8 Å². The SMILES string of the molecule is COc1ccc(OC)c(/C=N\N=C2\NC(=O)[C@@H](CC(=O)O)S2)c1. The minimum atomic E-state index is -1.04. The molecule has 0 radical (unpaired) electrons. The first-order valence-corrected chi connectivity index (χ1v) is 7.44. The van der Waals surface area contributed by atoms with Gasteiger partial charge in [0.1, 0.15) is 16.7 Å². The molecule has 1 atom stereocenters. The van der Waals surface area contributed by atoms with Crippen LogP contribution in [0.3, 0.4) is 0 Å². The molecule has 0 bridgehead atoms. The summed E-state index contributed by atoms with van der Waals surface area (Å²) in [6.45, 7) is 0. The fourth-order valence-electron chi connectivity index (χ4n) is 1.83. The fourth-order valence-corrected chi connectivity index (χ4v) is 2.74. The van der Waals surface area contributed by atoms with Crippen molar-refractivity contribution in [3.8, 4) is 11.5 Å². The Morgan fingerprint density at radius 2 is 2.22 bits per heavy atom. The number of aliphatic carboxylic acids is 1. The number of carboxylic acids is 1. The maximum Gasteiger partial charge on any atom is 0.305 e. The van der Waals surface area contributed by atoms with E-state index in [4.69, 9.17) is 14.6 Å². The summed E-state index contributed by atoms with van der Waals surface area (Å²) in [4.78, 5) is 22.2. The number of methoxy groups -OCH3 is 2. The maximum absolute atomic E-state index is 11.6. The van der Waals surface area contributed by atoms with E-state index in [2.05, 4.69) is 15.5 Å². The lowest BCUT2D eigenvalue weighted by molar-refractivity contribution is -0.138. The van der Waals surface area contributed by atoms with E-state index in [1.54, 1.807) is 25.3 Å². The van der Waals surface area contributed by atoms with Gasteiger partial charge in [-0.1, -0.05) is 11.8 Å². The number of hydrogen-bond acceptors (Lipinski definition) is 7. The summed E-state index contributed by atoms with van der Waals surface area (Å²) < 4.78 is 10.3. The normalized spacial score (nSPS) is 19.1. The summed E-state index contributed by atoms with van der Waals surface area (Å²) in [5, 5.41) is 18.6. The zero-order valence-corrected chi connectivity index (χ0v) is 13.3. The van der Waals surface area contributed by atoms with Gasteiger partial charge in [-0.2, -0.15) is 5.10 Å². The largest absolute Gasteiger partial charge is 0.497 e.